The van der Waals surface area contributed by atoms with E-state index in [1.807, 2.05) is 0 Å². The second-order valence-electron chi connectivity index (χ2n) is 4.65. The molecule has 0 radical (unpaired) electrons. The Morgan fingerprint density at radius 3 is 2.10 bits per heavy atom. The fourth-order valence-electron chi connectivity index (χ4n) is 1.93. The van der Waals surface area contributed by atoms with Crippen molar-refractivity contribution in [2.24, 2.45) is 0 Å². The first-order valence-electron chi connectivity index (χ1n) is 6.35. The third kappa shape index (κ3) is 4.57. The maximum absolute atomic E-state index is 12.5. The molecule has 0 unspecified atom stereocenters. The number of nitrogens with zero attached hydrogens (tertiary/aromatic N) is 2. The Hall–Kier alpha value is -2.41. The van der Waals surface area contributed by atoms with E-state index < -0.39 is 23.9 Å². The van der Waals surface area contributed by atoms with Crippen LogP contribution in [0.15, 0.2) is 30.3 Å². The molecule has 21 heavy (non-hydrogen) atoms. The highest BCUT2D eigenvalue weighted by Crippen LogP contribution is 2.14. The molecule has 1 atom stereocenters. The van der Waals surface area contributed by atoms with Crippen molar-refractivity contribution in [1.82, 2.24) is 10.0 Å². The van der Waals surface area contributed by atoms with Gasteiger partial charge in [0, 0.05) is 26.1 Å². The van der Waals surface area contributed by atoms with Gasteiger partial charge >= 0.3 is 11.9 Å². The van der Waals surface area contributed by atoms with Gasteiger partial charge in [0.15, 0.2) is 0 Å². The van der Waals surface area contributed by atoms with Crippen LogP contribution in [-0.4, -0.2) is 58.2 Å². The Balaban J connectivity index is 3.04. The lowest BCUT2D eigenvalue weighted by Crippen LogP contribution is -2.52. The number of rotatable bonds is 7. The number of carbonyl (C=O) groups excluding carboxylic acids is 1. The Morgan fingerprint density at radius 1 is 1.10 bits per heavy atom. The average Bonchev–Trinajstić information content (AvgIpc) is 2.42. The van der Waals surface area contributed by atoms with Crippen molar-refractivity contribution in [2.75, 3.05) is 14.1 Å². The van der Waals surface area contributed by atoms with E-state index in [-0.39, 0.29) is 12.8 Å². The highest BCUT2D eigenvalue weighted by atomic mass is 16.4. The van der Waals surface area contributed by atoms with Crippen LogP contribution in [0.4, 0.5) is 0 Å². The Kier molecular flexibility index (Phi) is 5.86. The molecular weight excluding hydrogens is 276 g/mol. The normalized spacial score (nSPS) is 12.0. The van der Waals surface area contributed by atoms with Crippen molar-refractivity contribution in [3.05, 3.63) is 35.9 Å². The molecule has 0 saturated carbocycles. The summed E-state index contributed by atoms with van der Waals surface area (Å²) in [7, 11) is 3.08. The lowest BCUT2D eigenvalue weighted by atomic mass is 10.1. The summed E-state index contributed by atoms with van der Waals surface area (Å²) in [6, 6.07) is 7.02. The van der Waals surface area contributed by atoms with Crippen molar-refractivity contribution in [3.8, 4) is 0 Å². The lowest BCUT2D eigenvalue weighted by Gasteiger charge is -2.34. The van der Waals surface area contributed by atoms with Gasteiger partial charge in [-0.1, -0.05) is 18.2 Å². The van der Waals surface area contributed by atoms with Crippen molar-refractivity contribution >= 4 is 17.8 Å². The first-order chi connectivity index (χ1) is 9.84. The topological polar surface area (TPSA) is 98.2 Å². The molecule has 0 heterocycles. The van der Waals surface area contributed by atoms with Gasteiger partial charge in [-0.25, -0.2) is 9.80 Å². The first-order valence-corrected chi connectivity index (χ1v) is 6.35. The molecule has 1 rings (SSSR count). The fourth-order valence-corrected chi connectivity index (χ4v) is 1.93. The predicted molar refractivity (Wildman–Crippen MR) is 74.6 cm³/mol. The number of carboxylic acids is 2. The van der Waals surface area contributed by atoms with Crippen LogP contribution in [0.25, 0.3) is 0 Å². The molecule has 0 saturated heterocycles. The summed E-state index contributed by atoms with van der Waals surface area (Å²) >= 11 is 0. The number of hydrazine groups is 1. The second-order valence-corrected chi connectivity index (χ2v) is 4.65. The lowest BCUT2D eigenvalue weighted by molar-refractivity contribution is -0.148. The van der Waals surface area contributed by atoms with Gasteiger partial charge in [-0.2, -0.15) is 0 Å². The zero-order chi connectivity index (χ0) is 16.0. The first kappa shape index (κ1) is 16.6. The molecule has 1 amide bonds. The fraction of sp³-hybridized carbons (Fsp3) is 0.357. The molecule has 0 aliphatic heterocycles. The van der Waals surface area contributed by atoms with Crippen molar-refractivity contribution in [1.29, 1.82) is 0 Å². The molecule has 0 aliphatic rings. The van der Waals surface area contributed by atoms with Crippen LogP contribution < -0.4 is 0 Å². The van der Waals surface area contributed by atoms with E-state index in [0.717, 1.165) is 5.01 Å². The van der Waals surface area contributed by atoms with Gasteiger partial charge in [-0.15, -0.1) is 0 Å². The zero-order valence-electron chi connectivity index (χ0n) is 11.9. The van der Waals surface area contributed by atoms with Gasteiger partial charge in [-0.05, 0) is 18.6 Å². The van der Waals surface area contributed by atoms with Gasteiger partial charge in [0.1, 0.15) is 6.04 Å². The molecule has 0 fully saturated rings. The molecule has 0 bridgehead atoms. The van der Waals surface area contributed by atoms with E-state index in [9.17, 15) is 19.5 Å². The number of aliphatic carboxylic acids is 2. The predicted octanol–water partition coefficient (Wildman–Crippen LogP) is 0.923. The number of amides is 1. The summed E-state index contributed by atoms with van der Waals surface area (Å²) in [5.74, 6) is -2.83. The molecule has 2 N–H and O–H groups in total. The standard InChI is InChI=1S/C14H18N2O5/c1-15(2)16(11(14(20)21)8-9-12(17)18)13(19)10-6-4-3-5-7-10/h3-7,11H,8-9H2,1-2H3,(H,17,18)(H,20,21)/t11-/m0/s1. The Labute approximate surface area is 122 Å². The van der Waals surface area contributed by atoms with Crippen LogP contribution in [-0.2, 0) is 9.59 Å². The van der Waals surface area contributed by atoms with Crippen LogP contribution in [0.1, 0.15) is 23.2 Å². The highest BCUT2D eigenvalue weighted by Gasteiger charge is 2.32. The van der Waals surface area contributed by atoms with E-state index in [0.29, 0.717) is 5.56 Å². The third-order valence-corrected chi connectivity index (χ3v) is 2.87. The second kappa shape index (κ2) is 7.39. The summed E-state index contributed by atoms with van der Waals surface area (Å²) in [5, 5.41) is 20.4. The maximum atomic E-state index is 12.5. The molecule has 0 aliphatic carbocycles. The van der Waals surface area contributed by atoms with Crippen molar-refractivity contribution < 1.29 is 24.6 Å². The van der Waals surface area contributed by atoms with E-state index in [1.165, 1.54) is 19.1 Å². The minimum absolute atomic E-state index is 0.165. The summed E-state index contributed by atoms with van der Waals surface area (Å²) in [6.07, 6.45) is -0.495. The number of hydrogen-bond donors (Lipinski definition) is 2. The minimum atomic E-state index is -1.24. The monoisotopic (exact) mass is 294 g/mol. The largest absolute Gasteiger partial charge is 0.481 e. The number of hydrogen-bond acceptors (Lipinski definition) is 4. The molecule has 114 valence electrons. The van der Waals surface area contributed by atoms with Gasteiger partial charge in [0.25, 0.3) is 5.91 Å². The van der Waals surface area contributed by atoms with Crippen LogP contribution in [0.3, 0.4) is 0 Å². The molecule has 7 nitrogen and oxygen atoms in total. The molecular formula is C14H18N2O5. The third-order valence-electron chi connectivity index (χ3n) is 2.87. The van der Waals surface area contributed by atoms with E-state index >= 15 is 0 Å². The number of benzene rings is 1. The highest BCUT2D eigenvalue weighted by molar-refractivity contribution is 5.96. The minimum Gasteiger partial charge on any atom is -0.481 e. The van der Waals surface area contributed by atoms with E-state index in [2.05, 4.69) is 0 Å². The van der Waals surface area contributed by atoms with Crippen molar-refractivity contribution in [2.45, 2.75) is 18.9 Å². The Morgan fingerprint density at radius 2 is 1.67 bits per heavy atom. The van der Waals surface area contributed by atoms with E-state index in [1.54, 1.807) is 30.3 Å². The zero-order valence-corrected chi connectivity index (χ0v) is 11.9. The molecule has 1 aromatic carbocycles. The van der Waals surface area contributed by atoms with Crippen molar-refractivity contribution in [3.63, 3.8) is 0 Å². The van der Waals surface area contributed by atoms with Gasteiger partial charge < -0.3 is 10.2 Å². The summed E-state index contributed by atoms with van der Waals surface area (Å²) in [4.78, 5) is 34.5. The maximum Gasteiger partial charge on any atom is 0.328 e. The van der Waals surface area contributed by atoms with Crippen LogP contribution in [0.2, 0.25) is 0 Å². The number of carboxylic acid groups (broad SMARTS) is 2. The molecule has 1 aromatic rings. The summed E-state index contributed by atoms with van der Waals surface area (Å²) in [6.45, 7) is 0. The van der Waals surface area contributed by atoms with Crippen LogP contribution >= 0.6 is 0 Å². The quantitative estimate of drug-likeness (QED) is 0.726. The van der Waals surface area contributed by atoms with Crippen LogP contribution in [0, 0.1) is 0 Å². The molecule has 0 aromatic heterocycles. The average molecular weight is 294 g/mol. The van der Waals surface area contributed by atoms with Gasteiger partial charge in [0.05, 0.1) is 0 Å². The molecule has 7 heteroatoms. The van der Waals surface area contributed by atoms with Crippen LogP contribution in [0.5, 0.6) is 0 Å². The SMILES string of the molecule is CN(C)N(C(=O)c1ccccc1)[C@@H](CCC(=O)O)C(=O)O. The Bertz CT molecular complexity index is 515. The summed E-state index contributed by atoms with van der Waals surface area (Å²) < 4.78 is 0. The number of carbonyl (C=O) groups is 3. The van der Waals surface area contributed by atoms with Gasteiger partial charge in [0.2, 0.25) is 0 Å². The summed E-state index contributed by atoms with van der Waals surface area (Å²) in [5.41, 5.74) is 0.341. The van der Waals surface area contributed by atoms with E-state index in [4.69, 9.17) is 5.11 Å². The smallest absolute Gasteiger partial charge is 0.328 e. The molecule has 0 spiro atoms. The van der Waals surface area contributed by atoms with Gasteiger partial charge in [-0.3, -0.25) is 14.6 Å².